The Kier molecular flexibility index (Phi) is 7.47. The van der Waals surface area contributed by atoms with Gasteiger partial charge in [0.05, 0.1) is 24.1 Å². The highest BCUT2D eigenvalue weighted by atomic mass is 32.2. The van der Waals surface area contributed by atoms with E-state index in [9.17, 15) is 9.59 Å². The van der Waals surface area contributed by atoms with Crippen molar-refractivity contribution < 1.29 is 9.53 Å². The molecule has 172 valence electrons. The van der Waals surface area contributed by atoms with Crippen LogP contribution in [0.5, 0.6) is 5.75 Å². The van der Waals surface area contributed by atoms with Gasteiger partial charge >= 0.3 is 0 Å². The summed E-state index contributed by atoms with van der Waals surface area (Å²) < 4.78 is 5.45. The molecule has 0 bridgehead atoms. The van der Waals surface area contributed by atoms with Crippen LogP contribution in [-0.4, -0.2) is 40.2 Å². The number of nitrogens with one attached hydrogen (secondary N) is 2. The van der Waals surface area contributed by atoms with E-state index in [0.29, 0.717) is 30.2 Å². The summed E-state index contributed by atoms with van der Waals surface area (Å²) in [5, 5.41) is 3.36. The number of carbonyl (C=O) groups is 1. The molecule has 2 N–H and O–H groups in total. The van der Waals surface area contributed by atoms with Crippen molar-refractivity contribution in [3.05, 3.63) is 81.3 Å². The molecule has 0 spiro atoms. The van der Waals surface area contributed by atoms with E-state index < -0.39 is 0 Å². The number of hydrogen-bond acceptors (Lipinski definition) is 6. The average molecular weight is 465 g/mol. The third-order valence-corrected chi connectivity index (χ3v) is 6.57. The first-order valence-corrected chi connectivity index (χ1v) is 12.0. The summed E-state index contributed by atoms with van der Waals surface area (Å²) in [5.41, 5.74) is 4.45. The summed E-state index contributed by atoms with van der Waals surface area (Å²) >= 11 is 1.24. The van der Waals surface area contributed by atoms with Gasteiger partial charge in [0.2, 0.25) is 5.91 Å². The first kappa shape index (κ1) is 23.1. The van der Waals surface area contributed by atoms with Crippen LogP contribution in [0.2, 0.25) is 0 Å². The minimum Gasteiger partial charge on any atom is -0.496 e. The highest BCUT2D eigenvalue weighted by Crippen LogP contribution is 2.23. The van der Waals surface area contributed by atoms with Crippen LogP contribution in [0.4, 0.5) is 5.69 Å². The standard InChI is InChI=1S/C25H28N4O3S/c1-3-17-8-10-19(11-9-17)26-23(30)16-33-25-27-21-12-13-29(15-20(21)24(31)28-25)14-18-6-4-5-7-22(18)32-2/h4-11H,3,12-16H2,1-2H3,(H,26,30)(H,27,28,31). The van der Waals surface area contributed by atoms with E-state index in [2.05, 4.69) is 27.1 Å². The Hall–Kier alpha value is -3.10. The number of ether oxygens (including phenoxy) is 1. The minimum atomic E-state index is -0.136. The normalized spacial score (nSPS) is 13.4. The molecule has 1 aliphatic rings. The molecular formula is C25H28N4O3S. The fourth-order valence-electron chi connectivity index (χ4n) is 3.89. The van der Waals surface area contributed by atoms with Crippen LogP contribution in [0.15, 0.2) is 58.5 Å². The zero-order valence-electron chi connectivity index (χ0n) is 18.9. The minimum absolute atomic E-state index is 0.132. The van der Waals surface area contributed by atoms with E-state index in [1.54, 1.807) is 7.11 Å². The van der Waals surface area contributed by atoms with Gasteiger partial charge in [0.15, 0.2) is 5.16 Å². The summed E-state index contributed by atoms with van der Waals surface area (Å²) in [4.78, 5) is 34.7. The third kappa shape index (κ3) is 5.83. The number of amides is 1. The van der Waals surface area contributed by atoms with Gasteiger partial charge in [0.25, 0.3) is 5.56 Å². The van der Waals surface area contributed by atoms with Crippen molar-refractivity contribution in [2.45, 2.75) is 38.0 Å². The van der Waals surface area contributed by atoms with Crippen molar-refractivity contribution >= 4 is 23.4 Å². The highest BCUT2D eigenvalue weighted by molar-refractivity contribution is 7.99. The number of anilines is 1. The number of aryl methyl sites for hydroxylation is 1. The van der Waals surface area contributed by atoms with Crippen molar-refractivity contribution in [3.8, 4) is 5.75 Å². The Morgan fingerprint density at radius 1 is 1.21 bits per heavy atom. The van der Waals surface area contributed by atoms with Gasteiger partial charge in [-0.3, -0.25) is 14.5 Å². The SMILES string of the molecule is CCc1ccc(NC(=O)CSc2nc3c(c(=O)[nH]2)CN(Cc2ccccc2OC)CC3)cc1. The van der Waals surface area contributed by atoms with Crippen LogP contribution in [0.3, 0.4) is 0 Å². The van der Waals surface area contributed by atoms with Crippen molar-refractivity contribution in [2.24, 2.45) is 0 Å². The lowest BCUT2D eigenvalue weighted by Gasteiger charge is -2.28. The molecule has 0 radical (unpaired) electrons. The Balaban J connectivity index is 1.36. The first-order chi connectivity index (χ1) is 16.1. The van der Waals surface area contributed by atoms with Crippen LogP contribution in [-0.2, 0) is 30.7 Å². The lowest BCUT2D eigenvalue weighted by atomic mass is 10.1. The molecule has 1 aliphatic heterocycles. The predicted octanol–water partition coefficient (Wildman–Crippen LogP) is 3.63. The number of aromatic amines is 1. The molecule has 33 heavy (non-hydrogen) atoms. The van der Waals surface area contributed by atoms with Gasteiger partial charge in [0, 0.05) is 37.3 Å². The average Bonchev–Trinajstić information content (AvgIpc) is 2.84. The molecule has 8 heteroatoms. The lowest BCUT2D eigenvalue weighted by Crippen LogP contribution is -2.35. The number of carbonyl (C=O) groups excluding carboxylic acids is 1. The van der Waals surface area contributed by atoms with Gasteiger partial charge in [-0.25, -0.2) is 4.98 Å². The zero-order chi connectivity index (χ0) is 23.2. The van der Waals surface area contributed by atoms with Crippen LogP contribution >= 0.6 is 11.8 Å². The molecule has 3 aromatic rings. The van der Waals surface area contributed by atoms with Crippen LogP contribution in [0.1, 0.15) is 29.3 Å². The van der Waals surface area contributed by atoms with Gasteiger partial charge in [0.1, 0.15) is 5.75 Å². The molecule has 0 aliphatic carbocycles. The smallest absolute Gasteiger partial charge is 0.256 e. The number of thioether (sulfide) groups is 1. The van der Waals surface area contributed by atoms with Gasteiger partial charge in [-0.15, -0.1) is 0 Å². The second kappa shape index (κ2) is 10.7. The van der Waals surface area contributed by atoms with Gasteiger partial charge in [-0.2, -0.15) is 0 Å². The monoisotopic (exact) mass is 464 g/mol. The van der Waals surface area contributed by atoms with Crippen molar-refractivity contribution in [1.82, 2.24) is 14.9 Å². The maximum atomic E-state index is 12.7. The Bertz CT molecular complexity index is 1180. The summed E-state index contributed by atoms with van der Waals surface area (Å²) in [6.07, 6.45) is 1.65. The zero-order valence-corrected chi connectivity index (χ0v) is 19.7. The van der Waals surface area contributed by atoms with Gasteiger partial charge in [-0.05, 0) is 30.2 Å². The summed E-state index contributed by atoms with van der Waals surface area (Å²) in [6.45, 7) is 4.14. The second-order valence-electron chi connectivity index (χ2n) is 7.96. The second-order valence-corrected chi connectivity index (χ2v) is 8.92. The van der Waals surface area contributed by atoms with Gasteiger partial charge < -0.3 is 15.0 Å². The fraction of sp³-hybridized carbons (Fsp3) is 0.320. The van der Waals surface area contributed by atoms with E-state index in [1.807, 2.05) is 48.5 Å². The van der Waals surface area contributed by atoms with Crippen LogP contribution < -0.4 is 15.6 Å². The number of hydrogen-bond donors (Lipinski definition) is 2. The molecule has 1 aromatic heterocycles. The van der Waals surface area contributed by atoms with Crippen LogP contribution in [0.25, 0.3) is 0 Å². The first-order valence-electron chi connectivity index (χ1n) is 11.0. The molecule has 2 heterocycles. The third-order valence-electron chi connectivity index (χ3n) is 5.70. The molecule has 0 atom stereocenters. The molecule has 0 saturated carbocycles. The van der Waals surface area contributed by atoms with Crippen LogP contribution in [0, 0.1) is 0 Å². The Labute approximate surface area is 197 Å². The van der Waals surface area contributed by atoms with Crippen molar-refractivity contribution in [3.63, 3.8) is 0 Å². The maximum Gasteiger partial charge on any atom is 0.256 e. The maximum absolute atomic E-state index is 12.7. The Morgan fingerprint density at radius 3 is 2.76 bits per heavy atom. The Morgan fingerprint density at radius 2 is 2.00 bits per heavy atom. The van der Waals surface area contributed by atoms with E-state index in [4.69, 9.17) is 4.74 Å². The number of rotatable bonds is 8. The molecule has 4 rings (SSSR count). The molecule has 0 saturated heterocycles. The molecule has 2 aromatic carbocycles. The predicted molar refractivity (Wildman–Crippen MR) is 131 cm³/mol. The van der Waals surface area contributed by atoms with E-state index >= 15 is 0 Å². The number of nitrogens with zero attached hydrogens (tertiary/aromatic N) is 2. The largest absolute Gasteiger partial charge is 0.496 e. The topological polar surface area (TPSA) is 87.3 Å². The lowest BCUT2D eigenvalue weighted by molar-refractivity contribution is -0.113. The van der Waals surface area contributed by atoms with Crippen molar-refractivity contribution in [1.29, 1.82) is 0 Å². The summed E-state index contributed by atoms with van der Waals surface area (Å²) in [5.74, 6) is 0.895. The van der Waals surface area contributed by atoms with Gasteiger partial charge in [-0.1, -0.05) is 49.0 Å². The highest BCUT2D eigenvalue weighted by Gasteiger charge is 2.22. The number of aromatic nitrogens is 2. The quantitative estimate of drug-likeness (QED) is 0.391. The van der Waals surface area contributed by atoms with Crippen molar-refractivity contribution in [2.75, 3.05) is 24.7 Å². The number of fused-ring (bicyclic) bond motifs is 1. The molecule has 1 amide bonds. The van der Waals surface area contributed by atoms with E-state index in [-0.39, 0.29) is 17.2 Å². The summed E-state index contributed by atoms with van der Waals surface area (Å²) in [7, 11) is 1.67. The number of methoxy groups -OCH3 is 1. The number of H-pyrrole nitrogens is 1. The number of para-hydroxylation sites is 1. The fourth-order valence-corrected chi connectivity index (χ4v) is 4.57. The molecule has 0 unspecified atom stereocenters. The number of benzene rings is 2. The summed E-state index contributed by atoms with van der Waals surface area (Å²) in [6, 6.07) is 15.7. The van der Waals surface area contributed by atoms with E-state index in [0.717, 1.165) is 35.7 Å². The molecule has 0 fully saturated rings. The molecular weight excluding hydrogens is 436 g/mol. The van der Waals surface area contributed by atoms with E-state index in [1.165, 1.54) is 17.3 Å². The molecule has 7 nitrogen and oxygen atoms in total.